The summed E-state index contributed by atoms with van der Waals surface area (Å²) < 4.78 is 0. The van der Waals surface area contributed by atoms with E-state index in [0.717, 1.165) is 10.0 Å². The van der Waals surface area contributed by atoms with Gasteiger partial charge in [0.15, 0.2) is 0 Å². The van der Waals surface area contributed by atoms with E-state index in [4.69, 9.17) is 0 Å². The molecule has 0 unspecified atom stereocenters. The van der Waals surface area contributed by atoms with Crippen molar-refractivity contribution in [3.05, 3.63) is 16.6 Å². The van der Waals surface area contributed by atoms with E-state index in [1.54, 1.807) is 13.1 Å². The molecule has 1 fully saturated rings. The number of hydrazine groups is 1. The maximum absolute atomic E-state index is 11.2. The van der Waals surface area contributed by atoms with Crippen molar-refractivity contribution in [2.75, 3.05) is 0 Å². The van der Waals surface area contributed by atoms with Crippen LogP contribution in [0.1, 0.15) is 11.9 Å². The zero-order chi connectivity index (χ0) is 10.1. The molecule has 1 N–H and O–H groups in total. The van der Waals surface area contributed by atoms with Crippen molar-refractivity contribution in [2.24, 2.45) is 5.92 Å². The second-order valence-corrected chi connectivity index (χ2v) is 3.97. The summed E-state index contributed by atoms with van der Waals surface area (Å²) in [7, 11) is 0. The molecule has 1 saturated heterocycles. The number of aromatic nitrogens is 1. The number of amides is 2. The molecule has 1 aliphatic heterocycles. The largest absolute Gasteiger partial charge is 0.272 e. The third kappa shape index (κ3) is 1.42. The van der Waals surface area contributed by atoms with Crippen molar-refractivity contribution < 1.29 is 9.59 Å². The maximum atomic E-state index is 11.2. The molecule has 1 aliphatic rings. The first-order chi connectivity index (χ1) is 6.70. The number of imide groups is 1. The van der Waals surface area contributed by atoms with E-state index >= 15 is 0 Å². The Morgan fingerprint density at radius 2 is 2.29 bits per heavy atom. The van der Waals surface area contributed by atoms with Crippen LogP contribution in [0.5, 0.6) is 0 Å². The Hall–Kier alpha value is -1.27. The van der Waals surface area contributed by atoms with Crippen molar-refractivity contribution in [1.82, 2.24) is 15.4 Å². The molecule has 2 amide bonds. The Morgan fingerprint density at radius 3 is 2.86 bits per heavy atom. The number of nitrogens with zero attached hydrogens (tertiary/aromatic N) is 2. The molecule has 1 aromatic heterocycles. The van der Waals surface area contributed by atoms with Gasteiger partial charge in [-0.1, -0.05) is 0 Å². The van der Waals surface area contributed by atoms with Crippen LogP contribution >= 0.6 is 11.3 Å². The van der Waals surface area contributed by atoms with E-state index in [1.807, 2.05) is 5.38 Å². The van der Waals surface area contributed by atoms with Crippen molar-refractivity contribution >= 4 is 23.2 Å². The zero-order valence-electron chi connectivity index (χ0n) is 7.56. The highest BCUT2D eigenvalue weighted by Crippen LogP contribution is 2.16. The SMILES string of the molecule is CC1C(=O)N(NCc2nccs2)C1=O. The van der Waals surface area contributed by atoms with E-state index in [2.05, 4.69) is 10.4 Å². The summed E-state index contributed by atoms with van der Waals surface area (Å²) in [6, 6.07) is 0. The molecule has 0 spiro atoms. The normalized spacial score (nSPS) is 17.4. The fourth-order valence-electron chi connectivity index (χ4n) is 1.18. The van der Waals surface area contributed by atoms with Crippen LogP contribution in [-0.2, 0) is 16.1 Å². The molecule has 0 atom stereocenters. The Labute approximate surface area is 84.7 Å². The summed E-state index contributed by atoms with van der Waals surface area (Å²) in [5.74, 6) is -0.836. The van der Waals surface area contributed by atoms with Crippen LogP contribution in [0.2, 0.25) is 0 Å². The molecular weight excluding hydrogens is 202 g/mol. The topological polar surface area (TPSA) is 62.3 Å². The van der Waals surface area contributed by atoms with E-state index in [-0.39, 0.29) is 11.8 Å². The predicted molar refractivity (Wildman–Crippen MR) is 50.0 cm³/mol. The lowest BCUT2D eigenvalue weighted by Gasteiger charge is -2.33. The first kappa shape index (κ1) is 9.29. The fraction of sp³-hybridized carbons (Fsp3) is 0.375. The van der Waals surface area contributed by atoms with Crippen LogP contribution < -0.4 is 5.43 Å². The third-order valence-corrected chi connectivity index (χ3v) is 2.83. The minimum absolute atomic E-state index is 0.174. The quantitative estimate of drug-likeness (QED) is 0.571. The van der Waals surface area contributed by atoms with Crippen LogP contribution in [-0.4, -0.2) is 21.8 Å². The van der Waals surface area contributed by atoms with Crippen LogP contribution in [0, 0.1) is 5.92 Å². The van der Waals surface area contributed by atoms with Gasteiger partial charge >= 0.3 is 0 Å². The van der Waals surface area contributed by atoms with Gasteiger partial charge in [-0.2, -0.15) is 0 Å². The summed E-state index contributed by atoms with van der Waals surface area (Å²) in [6.07, 6.45) is 1.68. The smallest absolute Gasteiger partial charge is 0.256 e. The molecule has 74 valence electrons. The average Bonchev–Trinajstić information content (AvgIpc) is 2.70. The molecule has 0 aromatic carbocycles. The fourth-order valence-corrected chi connectivity index (χ4v) is 1.73. The number of nitrogens with one attached hydrogen (secondary N) is 1. The second-order valence-electron chi connectivity index (χ2n) is 2.99. The van der Waals surface area contributed by atoms with Gasteiger partial charge in [0.2, 0.25) is 0 Å². The predicted octanol–water partition coefficient (Wildman–Crippen LogP) is 0.153. The second kappa shape index (κ2) is 3.47. The number of hydrogen-bond donors (Lipinski definition) is 1. The Kier molecular flexibility index (Phi) is 2.30. The monoisotopic (exact) mass is 211 g/mol. The minimum atomic E-state index is -0.487. The number of carbonyl (C=O) groups is 2. The maximum Gasteiger partial charge on any atom is 0.256 e. The van der Waals surface area contributed by atoms with Crippen LogP contribution in [0.15, 0.2) is 11.6 Å². The molecule has 0 saturated carbocycles. The molecule has 2 heterocycles. The van der Waals surface area contributed by atoms with Crippen molar-refractivity contribution in [3.63, 3.8) is 0 Å². The molecule has 14 heavy (non-hydrogen) atoms. The van der Waals surface area contributed by atoms with E-state index in [0.29, 0.717) is 6.54 Å². The molecular formula is C8H9N3O2S. The highest BCUT2D eigenvalue weighted by atomic mass is 32.1. The van der Waals surface area contributed by atoms with Gasteiger partial charge in [-0.3, -0.25) is 9.59 Å². The summed E-state index contributed by atoms with van der Waals surface area (Å²) in [6.45, 7) is 2.02. The van der Waals surface area contributed by atoms with Gasteiger partial charge in [0.25, 0.3) is 11.8 Å². The third-order valence-electron chi connectivity index (χ3n) is 2.05. The van der Waals surface area contributed by atoms with Gasteiger partial charge in [0.05, 0.1) is 6.54 Å². The molecule has 0 radical (unpaired) electrons. The molecule has 5 nitrogen and oxygen atoms in total. The van der Waals surface area contributed by atoms with E-state index in [1.165, 1.54) is 11.3 Å². The van der Waals surface area contributed by atoms with Gasteiger partial charge in [-0.05, 0) is 6.92 Å². The Balaban J connectivity index is 1.88. The first-order valence-corrected chi connectivity index (χ1v) is 5.08. The van der Waals surface area contributed by atoms with Gasteiger partial charge in [-0.25, -0.2) is 15.4 Å². The highest BCUT2D eigenvalue weighted by molar-refractivity contribution is 7.09. The lowest BCUT2D eigenvalue weighted by molar-refractivity contribution is -0.169. The molecule has 0 aliphatic carbocycles. The Morgan fingerprint density at radius 1 is 1.57 bits per heavy atom. The summed E-state index contributed by atoms with van der Waals surface area (Å²) in [4.78, 5) is 26.3. The Bertz CT molecular complexity index is 347. The van der Waals surface area contributed by atoms with E-state index < -0.39 is 5.92 Å². The number of carbonyl (C=O) groups excluding carboxylic acids is 2. The molecule has 6 heteroatoms. The number of rotatable bonds is 3. The number of hydrogen-bond acceptors (Lipinski definition) is 5. The van der Waals surface area contributed by atoms with Crippen LogP contribution in [0.25, 0.3) is 0 Å². The van der Waals surface area contributed by atoms with Gasteiger partial charge in [0.1, 0.15) is 10.9 Å². The summed E-state index contributed by atoms with van der Waals surface area (Å²) in [5, 5.41) is 3.75. The zero-order valence-corrected chi connectivity index (χ0v) is 8.37. The lowest BCUT2D eigenvalue weighted by Crippen LogP contribution is -2.62. The summed E-state index contributed by atoms with van der Waals surface area (Å²) >= 11 is 1.48. The number of thiazole rings is 1. The minimum Gasteiger partial charge on any atom is -0.272 e. The molecule has 1 aromatic rings. The number of β-lactam (4-membered cyclic amide) rings is 2. The highest BCUT2D eigenvalue weighted by Gasteiger charge is 2.43. The molecule has 2 rings (SSSR count). The summed E-state index contributed by atoms with van der Waals surface area (Å²) in [5.41, 5.74) is 2.73. The van der Waals surface area contributed by atoms with Crippen molar-refractivity contribution in [3.8, 4) is 0 Å². The van der Waals surface area contributed by atoms with Gasteiger partial charge in [0, 0.05) is 11.6 Å². The lowest BCUT2D eigenvalue weighted by atomic mass is 10.0. The van der Waals surface area contributed by atoms with Crippen molar-refractivity contribution in [2.45, 2.75) is 13.5 Å². The van der Waals surface area contributed by atoms with Crippen LogP contribution in [0.4, 0.5) is 0 Å². The van der Waals surface area contributed by atoms with Crippen molar-refractivity contribution in [1.29, 1.82) is 0 Å². The van der Waals surface area contributed by atoms with Gasteiger partial charge in [-0.15, -0.1) is 11.3 Å². The average molecular weight is 211 g/mol. The van der Waals surface area contributed by atoms with Crippen LogP contribution in [0.3, 0.4) is 0 Å². The molecule has 0 bridgehead atoms. The van der Waals surface area contributed by atoms with E-state index in [9.17, 15) is 9.59 Å². The van der Waals surface area contributed by atoms with Gasteiger partial charge < -0.3 is 0 Å². The standard InChI is InChI=1S/C8H9N3O2S/c1-5-7(12)11(8(5)13)10-4-6-9-2-3-14-6/h2-3,5,10H,4H2,1H3. The first-order valence-electron chi connectivity index (χ1n) is 4.20.